The normalized spacial score (nSPS) is 11.0. The summed E-state index contributed by atoms with van der Waals surface area (Å²) in [5, 5.41) is 3.25. The summed E-state index contributed by atoms with van der Waals surface area (Å²) in [4.78, 5) is 12.2. The number of hydrogen-bond donors (Lipinski definition) is 1. The van der Waals surface area contributed by atoms with Crippen molar-refractivity contribution in [3.05, 3.63) is 53.6 Å². The second-order valence-electron chi connectivity index (χ2n) is 5.57. The second-order valence-corrected chi connectivity index (χ2v) is 7.91. The average Bonchev–Trinajstić information content (AvgIpc) is 2.57. The van der Waals surface area contributed by atoms with Gasteiger partial charge in [-0.3, -0.25) is 9.10 Å². The fraction of sp³-hybridized carbons (Fsp3) is 0.278. The molecule has 2 aromatic rings. The van der Waals surface area contributed by atoms with Crippen LogP contribution in [0.2, 0.25) is 5.02 Å². The molecule has 0 fully saturated rings. The topological polar surface area (TPSA) is 75.7 Å². The zero-order valence-electron chi connectivity index (χ0n) is 14.6. The summed E-state index contributed by atoms with van der Waals surface area (Å²) >= 11 is 5.84. The molecule has 0 radical (unpaired) electrons. The number of halogens is 1. The van der Waals surface area contributed by atoms with Gasteiger partial charge in [-0.05, 0) is 55.5 Å². The van der Waals surface area contributed by atoms with Gasteiger partial charge in [-0.25, -0.2) is 8.42 Å². The van der Waals surface area contributed by atoms with E-state index in [9.17, 15) is 13.2 Å². The van der Waals surface area contributed by atoms with Crippen molar-refractivity contribution in [2.75, 3.05) is 29.0 Å². The number of nitrogens with one attached hydrogen (secondary N) is 1. The molecule has 0 aromatic heterocycles. The maximum Gasteiger partial charge on any atom is 0.232 e. The molecule has 0 aliphatic carbocycles. The zero-order chi connectivity index (χ0) is 19.2. The third-order valence-corrected chi connectivity index (χ3v) is 4.95. The summed E-state index contributed by atoms with van der Waals surface area (Å²) in [6.45, 7) is 2.49. The molecule has 0 bridgehead atoms. The molecule has 1 N–H and O–H groups in total. The van der Waals surface area contributed by atoms with Crippen LogP contribution in [0, 0.1) is 0 Å². The molecule has 2 aromatic carbocycles. The van der Waals surface area contributed by atoms with E-state index in [-0.39, 0.29) is 18.9 Å². The second kappa shape index (κ2) is 8.91. The molecular formula is C18H21ClN2O4S. The predicted octanol–water partition coefficient (Wildman–Crippen LogP) is 3.53. The maximum atomic E-state index is 12.2. The van der Waals surface area contributed by atoms with Gasteiger partial charge in [0.25, 0.3) is 0 Å². The Balaban J connectivity index is 1.99. The van der Waals surface area contributed by atoms with E-state index in [0.717, 1.165) is 12.0 Å². The van der Waals surface area contributed by atoms with Crippen LogP contribution in [0.25, 0.3) is 0 Å². The van der Waals surface area contributed by atoms with Crippen LogP contribution in [-0.4, -0.2) is 33.7 Å². The molecule has 0 saturated carbocycles. The fourth-order valence-corrected chi connectivity index (χ4v) is 3.38. The first-order chi connectivity index (χ1) is 12.3. The van der Waals surface area contributed by atoms with E-state index in [4.69, 9.17) is 16.3 Å². The van der Waals surface area contributed by atoms with Gasteiger partial charge in [-0.1, -0.05) is 11.6 Å². The van der Waals surface area contributed by atoms with E-state index in [1.165, 1.54) is 4.31 Å². The van der Waals surface area contributed by atoms with Gasteiger partial charge in [0.2, 0.25) is 15.9 Å². The lowest BCUT2D eigenvalue weighted by atomic mass is 10.2. The summed E-state index contributed by atoms with van der Waals surface area (Å²) in [5.74, 6) is 0.438. The third-order valence-electron chi connectivity index (χ3n) is 3.51. The number of amides is 1. The van der Waals surface area contributed by atoms with E-state index in [1.54, 1.807) is 48.5 Å². The summed E-state index contributed by atoms with van der Waals surface area (Å²) < 4.78 is 30.6. The van der Waals surface area contributed by atoms with E-state index < -0.39 is 10.0 Å². The highest BCUT2D eigenvalue weighted by Gasteiger charge is 2.18. The van der Waals surface area contributed by atoms with Crippen molar-refractivity contribution in [3.63, 3.8) is 0 Å². The van der Waals surface area contributed by atoms with Crippen LogP contribution >= 0.6 is 11.6 Å². The van der Waals surface area contributed by atoms with Crippen molar-refractivity contribution in [2.24, 2.45) is 0 Å². The molecule has 0 saturated heterocycles. The van der Waals surface area contributed by atoms with E-state index >= 15 is 0 Å². The lowest BCUT2D eigenvalue weighted by molar-refractivity contribution is -0.116. The monoisotopic (exact) mass is 396 g/mol. The number of anilines is 2. The van der Waals surface area contributed by atoms with Gasteiger partial charge in [-0.2, -0.15) is 0 Å². The first-order valence-electron chi connectivity index (χ1n) is 8.05. The molecular weight excluding hydrogens is 376 g/mol. The van der Waals surface area contributed by atoms with Crippen molar-refractivity contribution in [3.8, 4) is 5.75 Å². The van der Waals surface area contributed by atoms with Crippen molar-refractivity contribution >= 4 is 38.9 Å². The number of rotatable bonds is 8. The summed E-state index contributed by atoms with van der Waals surface area (Å²) in [6, 6.07) is 13.4. The zero-order valence-corrected chi connectivity index (χ0v) is 16.2. The highest BCUT2D eigenvalue weighted by molar-refractivity contribution is 7.92. The SMILES string of the molecule is CCOc1ccc(NC(=O)CCN(c2ccc(Cl)cc2)S(C)(=O)=O)cc1. The van der Waals surface area contributed by atoms with Gasteiger partial charge < -0.3 is 10.1 Å². The van der Waals surface area contributed by atoms with Crippen molar-refractivity contribution in [1.29, 1.82) is 0 Å². The molecule has 0 heterocycles. The first-order valence-corrected chi connectivity index (χ1v) is 10.3. The Morgan fingerprint density at radius 2 is 1.73 bits per heavy atom. The Kier molecular flexibility index (Phi) is 6.88. The van der Waals surface area contributed by atoms with Crippen LogP contribution in [0.15, 0.2) is 48.5 Å². The van der Waals surface area contributed by atoms with Crippen LogP contribution in [0.5, 0.6) is 5.75 Å². The Labute approximate surface area is 158 Å². The van der Waals surface area contributed by atoms with Gasteiger partial charge in [0.1, 0.15) is 5.75 Å². The number of hydrogen-bond acceptors (Lipinski definition) is 4. The van der Waals surface area contributed by atoms with Gasteiger partial charge >= 0.3 is 0 Å². The maximum absolute atomic E-state index is 12.2. The number of ether oxygens (including phenoxy) is 1. The van der Waals surface area contributed by atoms with Gasteiger partial charge in [0, 0.05) is 23.7 Å². The molecule has 26 heavy (non-hydrogen) atoms. The number of carbonyl (C=O) groups excluding carboxylic acids is 1. The highest BCUT2D eigenvalue weighted by Crippen LogP contribution is 2.21. The number of nitrogens with zero attached hydrogens (tertiary/aromatic N) is 1. The lowest BCUT2D eigenvalue weighted by Crippen LogP contribution is -2.33. The minimum Gasteiger partial charge on any atom is -0.494 e. The number of sulfonamides is 1. The summed E-state index contributed by atoms with van der Waals surface area (Å²) in [7, 11) is -3.52. The van der Waals surface area contributed by atoms with Crippen molar-refractivity contribution < 1.29 is 17.9 Å². The molecule has 0 spiro atoms. The van der Waals surface area contributed by atoms with Gasteiger partial charge in [0.15, 0.2) is 0 Å². The number of carbonyl (C=O) groups is 1. The van der Waals surface area contributed by atoms with Crippen molar-refractivity contribution in [2.45, 2.75) is 13.3 Å². The fourth-order valence-electron chi connectivity index (χ4n) is 2.32. The quantitative estimate of drug-likeness (QED) is 0.740. The standard InChI is InChI=1S/C18H21ClN2O4S/c1-3-25-17-10-6-15(7-11-17)20-18(22)12-13-21(26(2,23)24)16-8-4-14(19)5-9-16/h4-11H,3,12-13H2,1-2H3,(H,20,22). The Morgan fingerprint density at radius 3 is 2.27 bits per heavy atom. The van der Waals surface area contributed by atoms with Crippen LogP contribution in [0.4, 0.5) is 11.4 Å². The van der Waals surface area contributed by atoms with E-state index in [2.05, 4.69) is 5.32 Å². The Bertz CT molecular complexity index is 836. The molecule has 2 rings (SSSR count). The van der Waals surface area contributed by atoms with Crippen LogP contribution in [0.3, 0.4) is 0 Å². The number of benzene rings is 2. The molecule has 0 atom stereocenters. The predicted molar refractivity (Wildman–Crippen MR) is 104 cm³/mol. The van der Waals surface area contributed by atoms with Crippen molar-refractivity contribution in [1.82, 2.24) is 0 Å². The summed E-state index contributed by atoms with van der Waals surface area (Å²) in [5.41, 5.74) is 1.08. The van der Waals surface area contributed by atoms with Crippen LogP contribution in [-0.2, 0) is 14.8 Å². The summed E-state index contributed by atoms with van der Waals surface area (Å²) in [6.07, 6.45) is 1.12. The lowest BCUT2D eigenvalue weighted by Gasteiger charge is -2.22. The molecule has 0 aliphatic heterocycles. The van der Waals surface area contributed by atoms with E-state index in [1.807, 2.05) is 6.92 Å². The molecule has 6 nitrogen and oxygen atoms in total. The van der Waals surface area contributed by atoms with Crippen LogP contribution in [0.1, 0.15) is 13.3 Å². The average molecular weight is 397 g/mol. The molecule has 140 valence electrons. The highest BCUT2D eigenvalue weighted by atomic mass is 35.5. The molecule has 1 amide bonds. The smallest absolute Gasteiger partial charge is 0.232 e. The molecule has 0 unspecified atom stereocenters. The Hall–Kier alpha value is -2.25. The third kappa shape index (κ3) is 5.93. The minimum absolute atomic E-state index is 0.0168. The molecule has 8 heteroatoms. The van der Waals surface area contributed by atoms with Gasteiger partial charge in [0.05, 0.1) is 18.6 Å². The minimum atomic E-state index is -3.52. The Morgan fingerprint density at radius 1 is 1.12 bits per heavy atom. The first kappa shape index (κ1) is 20.1. The van der Waals surface area contributed by atoms with Gasteiger partial charge in [-0.15, -0.1) is 0 Å². The van der Waals surface area contributed by atoms with E-state index in [0.29, 0.717) is 23.0 Å². The van der Waals surface area contributed by atoms with Crippen LogP contribution < -0.4 is 14.4 Å². The largest absolute Gasteiger partial charge is 0.494 e. The molecule has 0 aliphatic rings.